The van der Waals surface area contributed by atoms with Crippen LogP contribution < -0.4 is 5.32 Å². The summed E-state index contributed by atoms with van der Waals surface area (Å²) in [5.74, 6) is -0.917. The summed E-state index contributed by atoms with van der Waals surface area (Å²) in [5, 5.41) is 3.42. The number of benzene rings is 4. The lowest BCUT2D eigenvalue weighted by molar-refractivity contribution is 0.101. The number of hydrogen-bond acceptors (Lipinski definition) is 3. The third-order valence-corrected chi connectivity index (χ3v) is 5.60. The minimum Gasteiger partial charge on any atom is -0.321 e. The van der Waals surface area contributed by atoms with Crippen molar-refractivity contribution in [2.45, 2.75) is 0 Å². The van der Waals surface area contributed by atoms with E-state index >= 15 is 0 Å². The molecule has 0 aliphatic rings. The number of rotatable bonds is 6. The highest BCUT2D eigenvalue weighted by Gasteiger charge is 2.19. The molecule has 0 fully saturated rings. The van der Waals surface area contributed by atoms with Gasteiger partial charge in [0.15, 0.2) is 11.6 Å². The molecule has 162 valence electrons. The molecule has 0 aliphatic carbocycles. The van der Waals surface area contributed by atoms with Crippen molar-refractivity contribution in [2.75, 3.05) is 5.32 Å². The Bertz CT molecular complexity index is 1350. The number of amides is 1. The summed E-state index contributed by atoms with van der Waals surface area (Å²) in [4.78, 5) is 38.5. The first-order chi connectivity index (χ1) is 15.9. The Kier molecular flexibility index (Phi) is 6.68. The second-order valence-corrected chi connectivity index (χ2v) is 8.07. The summed E-state index contributed by atoms with van der Waals surface area (Å²) >= 11 is 12.3. The molecule has 0 atom stereocenters. The van der Waals surface area contributed by atoms with Crippen LogP contribution in [0.1, 0.15) is 42.2 Å². The molecule has 0 aliphatic heterocycles. The highest BCUT2D eigenvalue weighted by Crippen LogP contribution is 2.27. The molecule has 33 heavy (non-hydrogen) atoms. The molecule has 0 radical (unpaired) electrons. The van der Waals surface area contributed by atoms with Crippen LogP contribution in [0.3, 0.4) is 0 Å². The van der Waals surface area contributed by atoms with Crippen LogP contribution in [0, 0.1) is 0 Å². The SMILES string of the molecule is O=C(Nc1ccc(Cl)cc1C(=O)c1ccccc1Cl)c1ccc(C(=O)c2ccccc2)cc1. The number of nitrogens with one attached hydrogen (secondary N) is 1. The smallest absolute Gasteiger partial charge is 0.255 e. The first kappa shape index (κ1) is 22.5. The van der Waals surface area contributed by atoms with Crippen LogP contribution in [-0.2, 0) is 0 Å². The van der Waals surface area contributed by atoms with E-state index in [1.165, 1.54) is 6.07 Å². The number of carbonyl (C=O) groups is 3. The first-order valence-corrected chi connectivity index (χ1v) is 10.8. The van der Waals surface area contributed by atoms with E-state index in [9.17, 15) is 14.4 Å². The van der Waals surface area contributed by atoms with Gasteiger partial charge in [-0.25, -0.2) is 0 Å². The van der Waals surface area contributed by atoms with E-state index in [-0.39, 0.29) is 17.1 Å². The molecule has 0 aromatic heterocycles. The summed E-state index contributed by atoms with van der Waals surface area (Å²) in [7, 11) is 0. The Hall–Kier alpha value is -3.73. The van der Waals surface area contributed by atoms with E-state index in [0.29, 0.717) is 38.0 Å². The van der Waals surface area contributed by atoms with Crippen molar-refractivity contribution in [3.63, 3.8) is 0 Å². The van der Waals surface area contributed by atoms with Gasteiger partial charge in [-0.3, -0.25) is 14.4 Å². The Morgan fingerprint density at radius 3 is 1.88 bits per heavy atom. The summed E-state index contributed by atoms with van der Waals surface area (Å²) in [5.41, 5.74) is 2.21. The normalized spacial score (nSPS) is 10.5. The number of carbonyl (C=O) groups excluding carboxylic acids is 3. The predicted octanol–water partition coefficient (Wildman–Crippen LogP) is 6.71. The Labute approximate surface area is 200 Å². The van der Waals surface area contributed by atoms with E-state index in [1.807, 2.05) is 6.07 Å². The molecule has 0 spiro atoms. The fourth-order valence-corrected chi connectivity index (χ4v) is 3.72. The fourth-order valence-electron chi connectivity index (χ4n) is 3.33. The maximum Gasteiger partial charge on any atom is 0.255 e. The highest BCUT2D eigenvalue weighted by molar-refractivity contribution is 6.36. The van der Waals surface area contributed by atoms with Crippen molar-refractivity contribution in [3.05, 3.63) is 135 Å². The minimum absolute atomic E-state index is 0.132. The summed E-state index contributed by atoms with van der Waals surface area (Å²) in [6.07, 6.45) is 0. The summed E-state index contributed by atoms with van der Waals surface area (Å²) in [6, 6.07) is 26.5. The third-order valence-electron chi connectivity index (χ3n) is 5.04. The van der Waals surface area contributed by atoms with E-state index in [2.05, 4.69) is 5.32 Å². The molecule has 0 saturated carbocycles. The van der Waals surface area contributed by atoms with Crippen molar-refractivity contribution >= 4 is 46.4 Å². The lowest BCUT2D eigenvalue weighted by Gasteiger charge is -2.12. The van der Waals surface area contributed by atoms with Gasteiger partial charge in [-0.1, -0.05) is 77.8 Å². The van der Waals surface area contributed by atoms with Crippen LogP contribution in [0.4, 0.5) is 5.69 Å². The maximum absolute atomic E-state index is 13.1. The first-order valence-electron chi connectivity index (χ1n) is 10.0. The number of ketones is 2. The molecule has 0 saturated heterocycles. The Balaban J connectivity index is 1.57. The maximum atomic E-state index is 13.1. The van der Waals surface area contributed by atoms with E-state index < -0.39 is 5.91 Å². The number of anilines is 1. The van der Waals surface area contributed by atoms with Crippen molar-refractivity contribution < 1.29 is 14.4 Å². The van der Waals surface area contributed by atoms with Gasteiger partial charge >= 0.3 is 0 Å². The monoisotopic (exact) mass is 473 g/mol. The third kappa shape index (κ3) is 5.03. The average Bonchev–Trinajstić information content (AvgIpc) is 2.85. The summed E-state index contributed by atoms with van der Waals surface area (Å²) in [6.45, 7) is 0. The molecule has 4 rings (SSSR count). The van der Waals surface area contributed by atoms with Crippen LogP contribution >= 0.6 is 23.2 Å². The summed E-state index contributed by atoms with van der Waals surface area (Å²) < 4.78 is 0. The zero-order valence-corrected chi connectivity index (χ0v) is 18.7. The van der Waals surface area contributed by atoms with Gasteiger partial charge in [0, 0.05) is 32.8 Å². The van der Waals surface area contributed by atoms with Crippen LogP contribution in [0.2, 0.25) is 10.0 Å². The van der Waals surface area contributed by atoms with Gasteiger partial charge in [-0.05, 0) is 42.5 Å². The van der Waals surface area contributed by atoms with Gasteiger partial charge < -0.3 is 5.32 Å². The predicted molar refractivity (Wildman–Crippen MR) is 131 cm³/mol. The number of halogens is 2. The van der Waals surface area contributed by atoms with Crippen molar-refractivity contribution in [3.8, 4) is 0 Å². The van der Waals surface area contributed by atoms with Crippen molar-refractivity contribution in [1.82, 2.24) is 0 Å². The fraction of sp³-hybridized carbons (Fsp3) is 0. The van der Waals surface area contributed by atoms with Gasteiger partial charge in [0.2, 0.25) is 0 Å². The van der Waals surface area contributed by atoms with Gasteiger partial charge in [0.25, 0.3) is 5.91 Å². The largest absolute Gasteiger partial charge is 0.321 e. The molecule has 4 aromatic carbocycles. The van der Waals surface area contributed by atoms with Crippen LogP contribution in [-0.4, -0.2) is 17.5 Å². The van der Waals surface area contributed by atoms with Gasteiger partial charge in [0.1, 0.15) is 0 Å². The lowest BCUT2D eigenvalue weighted by atomic mass is 10.0. The molecule has 1 amide bonds. The van der Waals surface area contributed by atoms with E-state index in [1.54, 1.807) is 84.9 Å². The number of hydrogen-bond donors (Lipinski definition) is 1. The Morgan fingerprint density at radius 2 is 1.18 bits per heavy atom. The van der Waals surface area contributed by atoms with E-state index in [4.69, 9.17) is 23.2 Å². The minimum atomic E-state index is -0.427. The lowest BCUT2D eigenvalue weighted by Crippen LogP contribution is -2.15. The average molecular weight is 474 g/mol. The highest BCUT2D eigenvalue weighted by atomic mass is 35.5. The molecule has 0 unspecified atom stereocenters. The molecular formula is C27H17Cl2NO3. The van der Waals surface area contributed by atoms with Crippen LogP contribution in [0.15, 0.2) is 97.1 Å². The molecule has 6 heteroatoms. The molecule has 1 N–H and O–H groups in total. The zero-order valence-electron chi connectivity index (χ0n) is 17.2. The van der Waals surface area contributed by atoms with Crippen molar-refractivity contribution in [2.24, 2.45) is 0 Å². The standard InChI is InChI=1S/C27H17Cl2NO3/c28-20-14-15-24(22(16-20)26(32)21-8-4-5-9-23(21)29)30-27(33)19-12-10-18(11-13-19)25(31)17-6-2-1-3-7-17/h1-16H,(H,30,33). The molecule has 4 aromatic rings. The van der Waals surface area contributed by atoms with Gasteiger partial charge in [-0.15, -0.1) is 0 Å². The van der Waals surface area contributed by atoms with Crippen LogP contribution in [0.5, 0.6) is 0 Å². The molecular weight excluding hydrogens is 457 g/mol. The molecule has 0 bridgehead atoms. The second-order valence-electron chi connectivity index (χ2n) is 7.23. The zero-order chi connectivity index (χ0) is 23.4. The van der Waals surface area contributed by atoms with Crippen molar-refractivity contribution in [1.29, 1.82) is 0 Å². The van der Waals surface area contributed by atoms with Gasteiger partial charge in [-0.2, -0.15) is 0 Å². The second kappa shape index (κ2) is 9.82. The Morgan fingerprint density at radius 1 is 0.576 bits per heavy atom. The molecule has 0 heterocycles. The quantitative estimate of drug-likeness (QED) is 0.316. The van der Waals surface area contributed by atoms with Crippen LogP contribution in [0.25, 0.3) is 0 Å². The van der Waals surface area contributed by atoms with E-state index in [0.717, 1.165) is 0 Å². The van der Waals surface area contributed by atoms with Gasteiger partial charge in [0.05, 0.1) is 10.7 Å². The molecule has 4 nitrogen and oxygen atoms in total. The topological polar surface area (TPSA) is 63.2 Å².